The number of hydrogen-bond donors (Lipinski definition) is 1. The van der Waals surface area contributed by atoms with E-state index in [9.17, 15) is 9.90 Å². The van der Waals surface area contributed by atoms with Crippen molar-refractivity contribution in [2.75, 3.05) is 0 Å². The van der Waals surface area contributed by atoms with Crippen LogP contribution in [-0.2, 0) is 19.8 Å². The van der Waals surface area contributed by atoms with Crippen molar-refractivity contribution in [2.45, 2.75) is 19.8 Å². The molecule has 1 N–H and O–H groups in total. The average Bonchev–Trinajstić information content (AvgIpc) is 3.05. The second-order valence-corrected chi connectivity index (χ2v) is 9.75. The van der Waals surface area contributed by atoms with E-state index in [1.54, 1.807) is 36.4 Å². The lowest BCUT2D eigenvalue weighted by Gasteiger charge is -2.14. The fourth-order valence-electron chi connectivity index (χ4n) is 4.56. The van der Waals surface area contributed by atoms with Crippen LogP contribution in [-0.4, -0.2) is 5.11 Å². The third-order valence-corrected chi connectivity index (χ3v) is 6.76. The molecule has 6 rings (SSSR count). The Morgan fingerprint density at radius 1 is 0.571 bits per heavy atom. The average molecular weight is 557 g/mol. The van der Waals surface area contributed by atoms with Crippen LogP contribution in [0.15, 0.2) is 137 Å². The minimum absolute atomic E-state index is 0.0522. The second-order valence-electron chi connectivity index (χ2n) is 9.75. The van der Waals surface area contributed by atoms with Gasteiger partial charge in [0.2, 0.25) is 11.2 Å². The van der Waals surface area contributed by atoms with Gasteiger partial charge in [0.05, 0.1) is 0 Å². The van der Waals surface area contributed by atoms with Crippen molar-refractivity contribution >= 4 is 11.0 Å². The van der Waals surface area contributed by atoms with E-state index in [2.05, 4.69) is 0 Å². The van der Waals surface area contributed by atoms with Gasteiger partial charge in [0, 0.05) is 17.7 Å². The van der Waals surface area contributed by atoms with Gasteiger partial charge in [0.25, 0.3) is 0 Å². The van der Waals surface area contributed by atoms with Gasteiger partial charge < -0.3 is 23.7 Å². The summed E-state index contributed by atoms with van der Waals surface area (Å²) in [5, 5.41) is 11.1. The first-order valence-electron chi connectivity index (χ1n) is 13.6. The van der Waals surface area contributed by atoms with Gasteiger partial charge in [0.15, 0.2) is 5.76 Å². The van der Waals surface area contributed by atoms with E-state index in [0.29, 0.717) is 30.3 Å². The predicted octanol–water partition coefficient (Wildman–Crippen LogP) is 7.90. The fourth-order valence-corrected chi connectivity index (χ4v) is 4.56. The molecule has 208 valence electrons. The maximum absolute atomic E-state index is 13.5. The highest BCUT2D eigenvalue weighted by Gasteiger charge is 2.20. The number of fused-ring (bicyclic) bond motifs is 1. The molecule has 6 heteroatoms. The van der Waals surface area contributed by atoms with E-state index >= 15 is 0 Å². The van der Waals surface area contributed by atoms with E-state index in [1.165, 1.54) is 0 Å². The molecular weight excluding hydrogens is 528 g/mol. The SMILES string of the molecule is O=c1c(O)c(-c2ccc(OCc3ccccc3)cc2)oc2cc(OCc3ccccc3)cc(OCc3ccccc3)c12. The second kappa shape index (κ2) is 12.4. The number of rotatable bonds is 10. The molecule has 1 heterocycles. The molecule has 0 radical (unpaired) electrons. The van der Waals surface area contributed by atoms with Gasteiger partial charge >= 0.3 is 0 Å². The number of hydrogen-bond acceptors (Lipinski definition) is 6. The van der Waals surface area contributed by atoms with Crippen LogP contribution in [0.5, 0.6) is 23.0 Å². The van der Waals surface area contributed by atoms with Gasteiger partial charge in [0.1, 0.15) is 48.0 Å². The molecular formula is C36H28O6. The normalized spacial score (nSPS) is 10.9. The standard InChI is InChI=1S/C36H28O6/c37-34-33-31(41-24-27-14-8-3-9-15-27)20-30(40-23-26-12-6-2-7-13-26)21-32(33)42-36(35(34)38)28-16-18-29(19-17-28)39-22-25-10-4-1-5-11-25/h1-21,38H,22-24H2. The molecule has 0 saturated carbocycles. The summed E-state index contributed by atoms with van der Waals surface area (Å²) >= 11 is 0. The maximum Gasteiger partial charge on any atom is 0.238 e. The number of benzene rings is 5. The molecule has 0 bridgehead atoms. The van der Waals surface area contributed by atoms with E-state index < -0.39 is 11.2 Å². The molecule has 0 atom stereocenters. The van der Waals surface area contributed by atoms with Crippen molar-refractivity contribution in [3.63, 3.8) is 0 Å². The van der Waals surface area contributed by atoms with Gasteiger partial charge in [-0.2, -0.15) is 0 Å². The van der Waals surface area contributed by atoms with Crippen LogP contribution in [0, 0.1) is 0 Å². The summed E-state index contributed by atoms with van der Waals surface area (Å²) in [5.41, 5.74) is 3.16. The van der Waals surface area contributed by atoms with E-state index in [-0.39, 0.29) is 29.1 Å². The molecule has 0 aliphatic heterocycles. The lowest BCUT2D eigenvalue weighted by molar-refractivity contribution is 0.291. The summed E-state index contributed by atoms with van der Waals surface area (Å²) in [6, 6.07) is 39.6. The largest absolute Gasteiger partial charge is 0.502 e. The van der Waals surface area contributed by atoms with Crippen LogP contribution < -0.4 is 19.6 Å². The first-order valence-corrected chi connectivity index (χ1v) is 13.6. The van der Waals surface area contributed by atoms with Gasteiger partial charge in [-0.25, -0.2) is 0 Å². The van der Waals surface area contributed by atoms with Gasteiger partial charge in [-0.3, -0.25) is 4.79 Å². The lowest BCUT2D eigenvalue weighted by atomic mass is 10.1. The van der Waals surface area contributed by atoms with Crippen LogP contribution in [0.2, 0.25) is 0 Å². The molecule has 0 aliphatic rings. The Labute approximate surface area is 243 Å². The summed E-state index contributed by atoms with van der Waals surface area (Å²) in [6.07, 6.45) is 0. The number of aromatic hydroxyl groups is 1. The molecule has 6 aromatic rings. The maximum atomic E-state index is 13.5. The first kappa shape index (κ1) is 26.7. The van der Waals surface area contributed by atoms with Crippen LogP contribution >= 0.6 is 0 Å². The first-order chi connectivity index (χ1) is 20.6. The Kier molecular flexibility index (Phi) is 7.86. The molecule has 0 fully saturated rings. The Morgan fingerprint density at radius 3 is 1.62 bits per heavy atom. The Morgan fingerprint density at radius 2 is 1.07 bits per heavy atom. The van der Waals surface area contributed by atoms with Crippen LogP contribution in [0.1, 0.15) is 16.7 Å². The van der Waals surface area contributed by atoms with Crippen molar-refractivity contribution in [1.29, 1.82) is 0 Å². The summed E-state index contributed by atoms with van der Waals surface area (Å²) in [5.74, 6) is 0.941. The Bertz CT molecular complexity index is 1830. The lowest BCUT2D eigenvalue weighted by Crippen LogP contribution is -2.07. The monoisotopic (exact) mass is 556 g/mol. The highest BCUT2D eigenvalue weighted by Crippen LogP contribution is 2.37. The highest BCUT2D eigenvalue weighted by atomic mass is 16.5. The summed E-state index contributed by atoms with van der Waals surface area (Å²) in [4.78, 5) is 13.5. The molecule has 42 heavy (non-hydrogen) atoms. The number of ether oxygens (including phenoxy) is 3. The fraction of sp³-hybridized carbons (Fsp3) is 0.0833. The third kappa shape index (κ3) is 6.13. The topological polar surface area (TPSA) is 78.1 Å². The predicted molar refractivity (Wildman–Crippen MR) is 162 cm³/mol. The molecule has 1 aromatic heterocycles. The van der Waals surface area contributed by atoms with Crippen molar-refractivity contribution in [1.82, 2.24) is 0 Å². The quantitative estimate of drug-likeness (QED) is 0.185. The van der Waals surface area contributed by atoms with Crippen molar-refractivity contribution in [3.05, 3.63) is 154 Å². The van der Waals surface area contributed by atoms with E-state index in [4.69, 9.17) is 18.6 Å². The molecule has 6 nitrogen and oxygen atoms in total. The third-order valence-electron chi connectivity index (χ3n) is 6.76. The summed E-state index contributed by atoms with van der Waals surface area (Å²) in [7, 11) is 0. The van der Waals surface area contributed by atoms with E-state index in [1.807, 2.05) is 91.0 Å². The zero-order chi connectivity index (χ0) is 28.7. The molecule has 0 aliphatic carbocycles. The van der Waals surface area contributed by atoms with E-state index in [0.717, 1.165) is 16.7 Å². The smallest absolute Gasteiger partial charge is 0.238 e. The van der Waals surface area contributed by atoms with Gasteiger partial charge in [-0.05, 0) is 41.0 Å². The molecule has 0 amide bonds. The van der Waals surface area contributed by atoms with Gasteiger partial charge in [-0.15, -0.1) is 0 Å². The summed E-state index contributed by atoms with van der Waals surface area (Å²) < 4.78 is 24.2. The zero-order valence-corrected chi connectivity index (χ0v) is 22.7. The minimum Gasteiger partial charge on any atom is -0.502 e. The molecule has 0 spiro atoms. The zero-order valence-electron chi connectivity index (χ0n) is 22.7. The van der Waals surface area contributed by atoms with Crippen molar-refractivity contribution < 1.29 is 23.7 Å². The summed E-state index contributed by atoms with van der Waals surface area (Å²) in [6.45, 7) is 0.975. The Hall–Kier alpha value is -5.49. The van der Waals surface area contributed by atoms with Crippen molar-refractivity contribution in [3.8, 4) is 34.3 Å². The Balaban J connectivity index is 1.33. The molecule has 0 unspecified atom stereocenters. The van der Waals surface area contributed by atoms with Gasteiger partial charge in [-0.1, -0.05) is 91.0 Å². The van der Waals surface area contributed by atoms with Crippen LogP contribution in [0.25, 0.3) is 22.3 Å². The molecule has 0 saturated heterocycles. The van der Waals surface area contributed by atoms with Crippen LogP contribution in [0.4, 0.5) is 0 Å². The minimum atomic E-state index is -0.590. The van der Waals surface area contributed by atoms with Crippen LogP contribution in [0.3, 0.4) is 0 Å². The molecule has 5 aromatic carbocycles. The highest BCUT2D eigenvalue weighted by molar-refractivity contribution is 5.88. The van der Waals surface area contributed by atoms with Crippen molar-refractivity contribution in [2.24, 2.45) is 0 Å².